The van der Waals surface area contributed by atoms with Gasteiger partial charge in [-0.05, 0) is 112 Å². The van der Waals surface area contributed by atoms with Crippen molar-refractivity contribution >= 4 is 43.1 Å². The first-order chi connectivity index (χ1) is 19.9. The first kappa shape index (κ1) is 26.5. The van der Waals surface area contributed by atoms with E-state index in [9.17, 15) is 0 Å². The Balaban J connectivity index is 0.899. The lowest BCUT2D eigenvalue weighted by atomic mass is 9.97. The van der Waals surface area contributed by atoms with E-state index in [1.807, 2.05) is 0 Å². The summed E-state index contributed by atoms with van der Waals surface area (Å²) in [5, 5.41) is 21.7. The third kappa shape index (κ3) is 6.03. The molecule has 0 heterocycles. The number of hydrogen-bond donors (Lipinski definition) is 3. The third-order valence-electron chi connectivity index (χ3n) is 8.03. The average Bonchev–Trinajstić information content (AvgIpc) is 3.00. The molecule has 0 aliphatic rings. The van der Waals surface area contributed by atoms with Crippen LogP contribution in [0.3, 0.4) is 0 Å². The quantitative estimate of drug-likeness (QED) is 0.106. The molecule has 0 bridgehead atoms. The molecule has 3 nitrogen and oxygen atoms in total. The summed E-state index contributed by atoms with van der Waals surface area (Å²) in [6.07, 6.45) is 3.51. The summed E-state index contributed by atoms with van der Waals surface area (Å²) in [6, 6.07) is 39.6. The van der Waals surface area contributed by atoms with E-state index in [1.54, 1.807) is 0 Å². The SMILES string of the molecule is c1ccc2c(CNCCCCNCCCNCc3c4ccccc4cc4ccccc34)c3ccccc3cc2c1. The van der Waals surface area contributed by atoms with Crippen LogP contribution in [0.1, 0.15) is 30.4 Å². The maximum atomic E-state index is 3.71. The van der Waals surface area contributed by atoms with Gasteiger partial charge < -0.3 is 16.0 Å². The minimum absolute atomic E-state index is 0.902. The van der Waals surface area contributed by atoms with Crippen LogP contribution in [0.2, 0.25) is 0 Å². The molecule has 6 rings (SSSR count). The normalized spacial score (nSPS) is 11.7. The van der Waals surface area contributed by atoms with Gasteiger partial charge in [0.25, 0.3) is 0 Å². The lowest BCUT2D eigenvalue weighted by molar-refractivity contribution is 0.560. The fourth-order valence-electron chi connectivity index (χ4n) is 5.99. The second-order valence-electron chi connectivity index (χ2n) is 10.8. The Bertz CT molecular complexity index is 1480. The molecule has 0 atom stereocenters. The van der Waals surface area contributed by atoms with Crippen molar-refractivity contribution < 1.29 is 0 Å². The predicted molar refractivity (Wildman–Crippen MR) is 173 cm³/mol. The van der Waals surface area contributed by atoms with Crippen molar-refractivity contribution in [3.63, 3.8) is 0 Å². The fourth-order valence-corrected chi connectivity index (χ4v) is 5.99. The van der Waals surface area contributed by atoms with Crippen LogP contribution in [-0.2, 0) is 13.1 Å². The number of fused-ring (bicyclic) bond motifs is 4. The van der Waals surface area contributed by atoms with Crippen molar-refractivity contribution in [3.05, 3.63) is 120 Å². The van der Waals surface area contributed by atoms with Crippen molar-refractivity contribution in [2.24, 2.45) is 0 Å². The molecule has 6 aromatic rings. The highest BCUT2D eigenvalue weighted by Gasteiger charge is 2.08. The molecule has 0 unspecified atom stereocenters. The van der Waals surface area contributed by atoms with Gasteiger partial charge in [0.05, 0.1) is 0 Å². The molecule has 0 fully saturated rings. The van der Waals surface area contributed by atoms with Crippen LogP contribution in [0.15, 0.2) is 109 Å². The minimum Gasteiger partial charge on any atom is -0.317 e. The van der Waals surface area contributed by atoms with E-state index in [1.165, 1.54) is 67.1 Å². The van der Waals surface area contributed by atoms with Crippen molar-refractivity contribution in [3.8, 4) is 0 Å². The van der Waals surface area contributed by atoms with Crippen LogP contribution in [0.4, 0.5) is 0 Å². The van der Waals surface area contributed by atoms with E-state index < -0.39 is 0 Å². The smallest absolute Gasteiger partial charge is 0.0217 e. The van der Waals surface area contributed by atoms with Gasteiger partial charge in [0.1, 0.15) is 0 Å². The van der Waals surface area contributed by atoms with E-state index in [0.29, 0.717) is 0 Å². The van der Waals surface area contributed by atoms with Crippen molar-refractivity contribution in [1.82, 2.24) is 16.0 Å². The number of rotatable bonds is 13. The molecule has 0 saturated heterocycles. The highest BCUT2D eigenvalue weighted by Crippen LogP contribution is 2.29. The van der Waals surface area contributed by atoms with Crippen molar-refractivity contribution in [1.29, 1.82) is 0 Å². The summed E-state index contributed by atoms with van der Waals surface area (Å²) < 4.78 is 0. The molecule has 40 heavy (non-hydrogen) atoms. The van der Waals surface area contributed by atoms with E-state index in [0.717, 1.165) is 45.7 Å². The molecule has 0 aromatic heterocycles. The second-order valence-corrected chi connectivity index (χ2v) is 10.8. The lowest BCUT2D eigenvalue weighted by Crippen LogP contribution is -2.23. The van der Waals surface area contributed by atoms with E-state index in [-0.39, 0.29) is 0 Å². The second kappa shape index (κ2) is 13.1. The Kier molecular flexibility index (Phi) is 8.64. The molecule has 0 aliphatic heterocycles. The highest BCUT2D eigenvalue weighted by atomic mass is 14.9. The minimum atomic E-state index is 0.902. The first-order valence-corrected chi connectivity index (χ1v) is 14.8. The van der Waals surface area contributed by atoms with Crippen molar-refractivity contribution in [2.45, 2.75) is 32.4 Å². The highest BCUT2D eigenvalue weighted by molar-refractivity contribution is 6.03. The number of hydrogen-bond acceptors (Lipinski definition) is 3. The van der Waals surface area contributed by atoms with E-state index >= 15 is 0 Å². The van der Waals surface area contributed by atoms with E-state index in [2.05, 4.69) is 125 Å². The largest absolute Gasteiger partial charge is 0.317 e. The summed E-state index contributed by atoms with van der Waals surface area (Å²) in [4.78, 5) is 0. The van der Waals surface area contributed by atoms with Gasteiger partial charge in [0, 0.05) is 13.1 Å². The van der Waals surface area contributed by atoms with Gasteiger partial charge in [0.15, 0.2) is 0 Å². The summed E-state index contributed by atoms with van der Waals surface area (Å²) in [6.45, 7) is 6.00. The Labute approximate surface area is 237 Å². The summed E-state index contributed by atoms with van der Waals surface area (Å²) >= 11 is 0. The monoisotopic (exact) mass is 525 g/mol. The molecule has 0 amide bonds. The van der Waals surface area contributed by atoms with Crippen LogP contribution >= 0.6 is 0 Å². The zero-order valence-electron chi connectivity index (χ0n) is 23.3. The third-order valence-corrected chi connectivity index (χ3v) is 8.03. The number of nitrogens with one attached hydrogen (secondary N) is 3. The summed E-state index contributed by atoms with van der Waals surface area (Å²) in [5.41, 5.74) is 2.82. The number of benzene rings is 6. The molecule has 3 N–H and O–H groups in total. The molecule has 6 aromatic carbocycles. The molecular weight excluding hydrogens is 486 g/mol. The van der Waals surface area contributed by atoms with Crippen molar-refractivity contribution in [2.75, 3.05) is 26.2 Å². The average molecular weight is 526 g/mol. The first-order valence-electron chi connectivity index (χ1n) is 14.8. The zero-order chi connectivity index (χ0) is 27.0. The maximum Gasteiger partial charge on any atom is 0.0217 e. The van der Waals surface area contributed by atoms with Crippen LogP contribution < -0.4 is 16.0 Å². The molecular formula is C37H39N3. The number of unbranched alkanes of at least 4 members (excludes halogenated alkanes) is 1. The van der Waals surface area contributed by atoms with E-state index in [4.69, 9.17) is 0 Å². The van der Waals surface area contributed by atoms with Gasteiger partial charge in [-0.3, -0.25) is 0 Å². The maximum absolute atomic E-state index is 3.71. The topological polar surface area (TPSA) is 36.1 Å². The Morgan fingerprint density at radius 1 is 0.350 bits per heavy atom. The fraction of sp³-hybridized carbons (Fsp3) is 0.243. The molecule has 0 radical (unpaired) electrons. The van der Waals surface area contributed by atoms with Gasteiger partial charge in [-0.1, -0.05) is 97.1 Å². The molecule has 3 heteroatoms. The van der Waals surface area contributed by atoms with Crippen LogP contribution in [0, 0.1) is 0 Å². The summed E-state index contributed by atoms with van der Waals surface area (Å²) in [7, 11) is 0. The summed E-state index contributed by atoms with van der Waals surface area (Å²) in [5.74, 6) is 0. The molecule has 0 saturated carbocycles. The molecule has 0 aliphatic carbocycles. The predicted octanol–water partition coefficient (Wildman–Crippen LogP) is 7.94. The van der Waals surface area contributed by atoms with Crippen LogP contribution in [0.25, 0.3) is 43.1 Å². The van der Waals surface area contributed by atoms with Gasteiger partial charge in [-0.15, -0.1) is 0 Å². The standard InChI is InChI=1S/C37H39N3/c1-5-16-32-28(12-1)24-29-13-2-6-17-33(29)36(32)26-39-21-10-9-20-38-22-11-23-40-27-37-34-18-7-3-14-30(34)25-31-15-4-8-19-35(31)37/h1-8,12-19,24-25,38-40H,9-11,20-23,26-27H2. The molecule has 0 spiro atoms. The van der Waals surface area contributed by atoms with Crippen LogP contribution in [0.5, 0.6) is 0 Å². The zero-order valence-corrected chi connectivity index (χ0v) is 23.3. The van der Waals surface area contributed by atoms with Gasteiger partial charge >= 0.3 is 0 Å². The van der Waals surface area contributed by atoms with Gasteiger partial charge in [0.2, 0.25) is 0 Å². The van der Waals surface area contributed by atoms with Crippen LogP contribution in [-0.4, -0.2) is 26.2 Å². The Morgan fingerprint density at radius 2 is 0.675 bits per heavy atom. The Morgan fingerprint density at radius 3 is 1.10 bits per heavy atom. The van der Waals surface area contributed by atoms with Gasteiger partial charge in [-0.2, -0.15) is 0 Å². The molecule has 202 valence electrons. The Hall–Kier alpha value is -3.76. The van der Waals surface area contributed by atoms with Gasteiger partial charge in [-0.25, -0.2) is 0 Å². The lowest BCUT2D eigenvalue weighted by Gasteiger charge is -2.13.